The van der Waals surface area contributed by atoms with Gasteiger partial charge in [-0.05, 0) is 38.4 Å². The van der Waals surface area contributed by atoms with E-state index in [2.05, 4.69) is 20.2 Å². The summed E-state index contributed by atoms with van der Waals surface area (Å²) in [5.74, 6) is 1.49. The van der Waals surface area contributed by atoms with E-state index in [1.165, 1.54) is 0 Å². The minimum Gasteiger partial charge on any atom is -0.491 e. The van der Waals surface area contributed by atoms with E-state index < -0.39 is 0 Å². The molecule has 0 atom stereocenters. The summed E-state index contributed by atoms with van der Waals surface area (Å²) in [4.78, 5) is 20.8. The van der Waals surface area contributed by atoms with Crippen LogP contribution in [0.2, 0.25) is 0 Å². The summed E-state index contributed by atoms with van der Waals surface area (Å²) in [6.07, 6.45) is 0.654. The topological polar surface area (TPSA) is 70.2 Å². The summed E-state index contributed by atoms with van der Waals surface area (Å²) in [5.41, 5.74) is 3.16. The van der Waals surface area contributed by atoms with E-state index in [0.717, 1.165) is 28.9 Å². The maximum Gasteiger partial charge on any atom is 0.211 e. The Bertz CT molecular complexity index is 842. The zero-order valence-corrected chi connectivity index (χ0v) is 13.7. The molecule has 0 unspecified atom stereocenters. The highest BCUT2D eigenvalue weighted by molar-refractivity contribution is 5.94. The molecule has 2 N–H and O–H groups in total. The molecule has 1 heterocycles. The standard InChI is InChI=1S/C18H20N4O2/c1-22(2)10-11-24-16-9-4-3-6-13(16)18-20-15-8-5-7-14(19-12-23)17(15)21-18/h3-9,12H,10-11H2,1-2H3,(H,19,23)(H,20,21). The van der Waals surface area contributed by atoms with E-state index in [4.69, 9.17) is 4.74 Å². The van der Waals surface area contributed by atoms with Gasteiger partial charge in [-0.2, -0.15) is 0 Å². The summed E-state index contributed by atoms with van der Waals surface area (Å²) in [6.45, 7) is 1.43. The van der Waals surface area contributed by atoms with Gasteiger partial charge in [-0.1, -0.05) is 18.2 Å². The molecule has 6 nitrogen and oxygen atoms in total. The Morgan fingerprint density at radius 1 is 1.21 bits per heavy atom. The van der Waals surface area contributed by atoms with Crippen LogP contribution in [0.4, 0.5) is 5.69 Å². The molecule has 0 aliphatic heterocycles. The third kappa shape index (κ3) is 3.38. The number of aromatic amines is 1. The van der Waals surface area contributed by atoms with Crippen molar-refractivity contribution in [2.24, 2.45) is 0 Å². The fourth-order valence-corrected chi connectivity index (χ4v) is 2.47. The van der Waals surface area contributed by atoms with Gasteiger partial charge in [-0.25, -0.2) is 4.98 Å². The lowest BCUT2D eigenvalue weighted by Gasteiger charge is -2.13. The summed E-state index contributed by atoms with van der Waals surface area (Å²) in [5, 5.41) is 2.68. The summed E-state index contributed by atoms with van der Waals surface area (Å²) in [6, 6.07) is 13.4. The fraction of sp³-hybridized carbons (Fsp3) is 0.222. The van der Waals surface area contributed by atoms with E-state index in [9.17, 15) is 4.79 Å². The molecule has 0 aliphatic carbocycles. The van der Waals surface area contributed by atoms with Crippen molar-refractivity contribution >= 4 is 23.1 Å². The third-order valence-corrected chi connectivity index (χ3v) is 3.67. The number of hydrogen-bond acceptors (Lipinski definition) is 4. The van der Waals surface area contributed by atoms with Crippen LogP contribution < -0.4 is 10.1 Å². The van der Waals surface area contributed by atoms with Gasteiger partial charge in [0.2, 0.25) is 6.41 Å². The van der Waals surface area contributed by atoms with Gasteiger partial charge in [0.25, 0.3) is 0 Å². The van der Waals surface area contributed by atoms with E-state index in [0.29, 0.717) is 24.5 Å². The molecule has 0 spiro atoms. The Labute approximate surface area is 140 Å². The molecule has 0 aliphatic rings. The molecule has 3 rings (SSSR count). The predicted molar refractivity (Wildman–Crippen MR) is 95.3 cm³/mol. The second-order valence-corrected chi connectivity index (χ2v) is 5.70. The predicted octanol–water partition coefficient (Wildman–Crippen LogP) is 2.74. The van der Waals surface area contributed by atoms with Gasteiger partial charge in [0.05, 0.1) is 16.8 Å². The summed E-state index contributed by atoms with van der Waals surface area (Å²) in [7, 11) is 4.02. The van der Waals surface area contributed by atoms with Crippen molar-refractivity contribution in [1.82, 2.24) is 14.9 Å². The quantitative estimate of drug-likeness (QED) is 0.656. The van der Waals surface area contributed by atoms with Crippen LogP contribution in [0.25, 0.3) is 22.4 Å². The molecular weight excluding hydrogens is 304 g/mol. The second-order valence-electron chi connectivity index (χ2n) is 5.70. The number of hydrogen-bond donors (Lipinski definition) is 2. The Morgan fingerprint density at radius 3 is 2.83 bits per heavy atom. The monoisotopic (exact) mass is 324 g/mol. The van der Waals surface area contributed by atoms with Crippen LogP contribution in [-0.4, -0.2) is 48.5 Å². The number of carbonyl (C=O) groups excluding carboxylic acids is 1. The molecule has 3 aromatic rings. The molecule has 1 amide bonds. The number of nitrogens with one attached hydrogen (secondary N) is 2. The van der Waals surface area contributed by atoms with Crippen molar-refractivity contribution in [2.45, 2.75) is 0 Å². The molecule has 2 aromatic carbocycles. The van der Waals surface area contributed by atoms with Gasteiger partial charge in [-0.15, -0.1) is 0 Å². The first-order valence-electron chi connectivity index (χ1n) is 7.75. The number of likely N-dealkylation sites (N-methyl/N-ethyl adjacent to an activating group) is 1. The Morgan fingerprint density at radius 2 is 2.04 bits per heavy atom. The minimum atomic E-state index is 0.599. The van der Waals surface area contributed by atoms with Gasteiger partial charge in [-0.3, -0.25) is 4.79 Å². The van der Waals surface area contributed by atoms with Crippen molar-refractivity contribution < 1.29 is 9.53 Å². The lowest BCUT2D eigenvalue weighted by atomic mass is 10.2. The molecule has 0 bridgehead atoms. The summed E-state index contributed by atoms with van der Waals surface area (Å²) < 4.78 is 5.90. The average Bonchev–Trinajstić information content (AvgIpc) is 3.00. The Kier molecular flexibility index (Phi) is 4.77. The Balaban J connectivity index is 1.95. The highest BCUT2D eigenvalue weighted by Crippen LogP contribution is 2.31. The number of aromatic nitrogens is 2. The van der Waals surface area contributed by atoms with E-state index in [1.54, 1.807) is 0 Å². The van der Waals surface area contributed by atoms with Gasteiger partial charge in [0.1, 0.15) is 23.7 Å². The van der Waals surface area contributed by atoms with Gasteiger partial charge < -0.3 is 19.9 Å². The SMILES string of the molecule is CN(C)CCOc1ccccc1-c1nc2c(NC=O)cccc2[nH]1. The average molecular weight is 324 g/mol. The molecule has 0 fully saturated rings. The number of imidazole rings is 1. The summed E-state index contributed by atoms with van der Waals surface area (Å²) >= 11 is 0. The lowest BCUT2D eigenvalue weighted by molar-refractivity contribution is -0.105. The number of carbonyl (C=O) groups is 1. The normalized spacial score (nSPS) is 11.0. The molecule has 24 heavy (non-hydrogen) atoms. The fourth-order valence-electron chi connectivity index (χ4n) is 2.47. The van der Waals surface area contributed by atoms with Gasteiger partial charge in [0.15, 0.2) is 0 Å². The van der Waals surface area contributed by atoms with Gasteiger partial charge in [0, 0.05) is 6.54 Å². The molecule has 0 saturated heterocycles. The number of H-pyrrole nitrogens is 1. The van der Waals surface area contributed by atoms with Crippen LogP contribution in [0.15, 0.2) is 42.5 Å². The number of ether oxygens (including phenoxy) is 1. The highest BCUT2D eigenvalue weighted by atomic mass is 16.5. The second kappa shape index (κ2) is 7.14. The van der Waals surface area contributed by atoms with Crippen molar-refractivity contribution in [3.8, 4) is 17.1 Å². The number of nitrogens with zero attached hydrogens (tertiary/aromatic N) is 2. The van der Waals surface area contributed by atoms with E-state index in [-0.39, 0.29) is 0 Å². The number of rotatable bonds is 7. The number of amides is 1. The number of benzene rings is 2. The number of fused-ring (bicyclic) bond motifs is 1. The molecule has 0 radical (unpaired) electrons. The maximum atomic E-state index is 10.7. The molecule has 124 valence electrons. The van der Waals surface area contributed by atoms with Crippen LogP contribution in [0, 0.1) is 0 Å². The first-order chi connectivity index (χ1) is 11.7. The first kappa shape index (κ1) is 16.0. The lowest BCUT2D eigenvalue weighted by Crippen LogP contribution is -2.19. The van der Waals surface area contributed by atoms with Crippen molar-refractivity contribution in [3.05, 3.63) is 42.5 Å². The van der Waals surface area contributed by atoms with E-state index >= 15 is 0 Å². The first-order valence-corrected chi connectivity index (χ1v) is 7.75. The van der Waals surface area contributed by atoms with Crippen molar-refractivity contribution in [1.29, 1.82) is 0 Å². The van der Waals surface area contributed by atoms with Crippen LogP contribution in [0.3, 0.4) is 0 Å². The number of para-hydroxylation sites is 2. The molecule has 1 aromatic heterocycles. The largest absolute Gasteiger partial charge is 0.491 e. The smallest absolute Gasteiger partial charge is 0.211 e. The Hall–Kier alpha value is -2.86. The zero-order chi connectivity index (χ0) is 16.9. The molecule has 6 heteroatoms. The minimum absolute atomic E-state index is 0.599. The number of anilines is 1. The zero-order valence-electron chi connectivity index (χ0n) is 13.7. The molecule has 0 saturated carbocycles. The maximum absolute atomic E-state index is 10.7. The van der Waals surface area contributed by atoms with Gasteiger partial charge >= 0.3 is 0 Å². The highest BCUT2D eigenvalue weighted by Gasteiger charge is 2.12. The third-order valence-electron chi connectivity index (χ3n) is 3.67. The van der Waals surface area contributed by atoms with Crippen molar-refractivity contribution in [2.75, 3.05) is 32.6 Å². The van der Waals surface area contributed by atoms with E-state index in [1.807, 2.05) is 56.6 Å². The van der Waals surface area contributed by atoms with Crippen LogP contribution in [0.5, 0.6) is 5.75 Å². The van der Waals surface area contributed by atoms with Crippen LogP contribution in [-0.2, 0) is 4.79 Å². The molecular formula is C18H20N4O2. The van der Waals surface area contributed by atoms with Crippen molar-refractivity contribution in [3.63, 3.8) is 0 Å². The van der Waals surface area contributed by atoms with Crippen LogP contribution in [0.1, 0.15) is 0 Å². The van der Waals surface area contributed by atoms with Crippen LogP contribution >= 0.6 is 0 Å².